The van der Waals surface area contributed by atoms with Crippen molar-refractivity contribution in [2.45, 2.75) is 19.9 Å². The molecule has 2 N–H and O–H groups in total. The molecule has 2 heterocycles. The highest BCUT2D eigenvalue weighted by atomic mass is 16.5. The van der Waals surface area contributed by atoms with E-state index in [1.165, 1.54) is 0 Å². The van der Waals surface area contributed by atoms with Crippen molar-refractivity contribution >= 4 is 17.5 Å². The Hall–Kier alpha value is -4.59. The van der Waals surface area contributed by atoms with Crippen molar-refractivity contribution in [3.05, 3.63) is 95.2 Å². The van der Waals surface area contributed by atoms with E-state index >= 15 is 0 Å². The third-order valence-corrected chi connectivity index (χ3v) is 6.14. The maximum absolute atomic E-state index is 13.8. The fourth-order valence-electron chi connectivity index (χ4n) is 4.41. The van der Waals surface area contributed by atoms with Crippen LogP contribution in [0.3, 0.4) is 0 Å². The fourth-order valence-corrected chi connectivity index (χ4v) is 4.41. The summed E-state index contributed by atoms with van der Waals surface area (Å²) in [7, 11) is 3.19. The molecule has 0 radical (unpaired) electrons. The number of anilines is 2. The van der Waals surface area contributed by atoms with E-state index in [-0.39, 0.29) is 5.91 Å². The molecule has 1 aliphatic heterocycles. The van der Waals surface area contributed by atoms with Crippen LogP contribution in [-0.2, 0) is 4.79 Å². The van der Waals surface area contributed by atoms with E-state index in [4.69, 9.17) is 19.6 Å². The Bertz CT molecular complexity index is 1470. The average Bonchev–Trinajstić information content (AvgIpc) is 3.31. The molecule has 5 rings (SSSR count). The Balaban J connectivity index is 1.62. The number of amides is 1. The normalized spacial score (nSPS) is 14.6. The van der Waals surface area contributed by atoms with Crippen molar-refractivity contribution in [2.24, 2.45) is 0 Å². The minimum atomic E-state index is -0.530. The van der Waals surface area contributed by atoms with Gasteiger partial charge in [-0.05, 0) is 49.7 Å². The summed E-state index contributed by atoms with van der Waals surface area (Å²) in [5, 5.41) is 11.1. The van der Waals surface area contributed by atoms with Gasteiger partial charge in [-0.3, -0.25) is 4.79 Å². The second kappa shape index (κ2) is 9.58. The molecular weight excluding hydrogens is 454 g/mol. The first-order valence-electron chi connectivity index (χ1n) is 11.6. The van der Waals surface area contributed by atoms with Crippen LogP contribution in [0.25, 0.3) is 11.4 Å². The number of methoxy groups -OCH3 is 2. The molecule has 182 valence electrons. The third kappa shape index (κ3) is 4.29. The van der Waals surface area contributed by atoms with Crippen molar-refractivity contribution < 1.29 is 14.3 Å². The zero-order chi connectivity index (χ0) is 25.2. The fraction of sp³-hybridized carbons (Fsp3) is 0.179. The molecule has 0 aliphatic carbocycles. The molecule has 0 saturated carbocycles. The maximum Gasteiger partial charge on any atom is 0.255 e. The first-order valence-corrected chi connectivity index (χ1v) is 11.6. The predicted octanol–water partition coefficient (Wildman–Crippen LogP) is 5.20. The molecule has 1 unspecified atom stereocenters. The number of hydrogen-bond acceptors (Lipinski definition) is 6. The molecule has 0 bridgehead atoms. The minimum absolute atomic E-state index is 0.268. The summed E-state index contributed by atoms with van der Waals surface area (Å²) in [6.07, 6.45) is 0. The van der Waals surface area contributed by atoms with Gasteiger partial charge >= 0.3 is 0 Å². The first-order chi connectivity index (χ1) is 17.5. The molecule has 8 heteroatoms. The SMILES string of the molecule is COc1cccc(C2C(C(=O)Nc3ccccc3OC)=C(C)Nc3nc(-c4cccc(C)c4)nn32)c1. The third-order valence-electron chi connectivity index (χ3n) is 6.14. The molecule has 1 amide bonds. The van der Waals surface area contributed by atoms with E-state index in [2.05, 4.69) is 10.6 Å². The summed E-state index contributed by atoms with van der Waals surface area (Å²) in [5.41, 5.74) is 4.65. The molecule has 1 aliphatic rings. The maximum atomic E-state index is 13.8. The summed E-state index contributed by atoms with van der Waals surface area (Å²) >= 11 is 0. The van der Waals surface area contributed by atoms with E-state index in [1.54, 1.807) is 31.0 Å². The lowest BCUT2D eigenvalue weighted by Crippen LogP contribution is -2.31. The molecular formula is C28H27N5O3. The van der Waals surface area contributed by atoms with Gasteiger partial charge in [0.2, 0.25) is 5.95 Å². The zero-order valence-electron chi connectivity index (χ0n) is 20.6. The van der Waals surface area contributed by atoms with Gasteiger partial charge < -0.3 is 20.1 Å². The number of fused-ring (bicyclic) bond motifs is 1. The van der Waals surface area contributed by atoms with Crippen LogP contribution < -0.4 is 20.1 Å². The smallest absolute Gasteiger partial charge is 0.255 e. The molecule has 0 saturated heterocycles. The first kappa shape index (κ1) is 23.2. The summed E-state index contributed by atoms with van der Waals surface area (Å²) < 4.78 is 12.7. The molecule has 1 aromatic heterocycles. The molecule has 8 nitrogen and oxygen atoms in total. The number of para-hydroxylation sites is 2. The Morgan fingerprint density at radius 2 is 1.78 bits per heavy atom. The Morgan fingerprint density at radius 1 is 0.972 bits per heavy atom. The van der Waals surface area contributed by atoms with Gasteiger partial charge in [0.1, 0.15) is 17.5 Å². The van der Waals surface area contributed by atoms with E-state index < -0.39 is 6.04 Å². The number of allylic oxidation sites excluding steroid dienone is 1. The second-order valence-electron chi connectivity index (χ2n) is 8.57. The predicted molar refractivity (Wildman–Crippen MR) is 139 cm³/mol. The van der Waals surface area contributed by atoms with Crippen molar-refractivity contribution in [3.8, 4) is 22.9 Å². The van der Waals surface area contributed by atoms with Gasteiger partial charge in [0.25, 0.3) is 5.91 Å². The number of ether oxygens (including phenoxy) is 2. The molecule has 36 heavy (non-hydrogen) atoms. The van der Waals surface area contributed by atoms with E-state index in [0.29, 0.717) is 40.2 Å². The summed E-state index contributed by atoms with van der Waals surface area (Å²) in [6.45, 7) is 3.90. The minimum Gasteiger partial charge on any atom is -0.497 e. The van der Waals surface area contributed by atoms with Gasteiger partial charge in [0.15, 0.2) is 5.82 Å². The molecule has 4 aromatic rings. The van der Waals surface area contributed by atoms with Crippen LogP contribution in [0.2, 0.25) is 0 Å². The lowest BCUT2D eigenvalue weighted by molar-refractivity contribution is -0.113. The van der Waals surface area contributed by atoms with Crippen molar-refractivity contribution in [3.63, 3.8) is 0 Å². The van der Waals surface area contributed by atoms with Crippen LogP contribution in [0.1, 0.15) is 24.1 Å². The lowest BCUT2D eigenvalue weighted by atomic mass is 9.95. The number of rotatable bonds is 6. The van der Waals surface area contributed by atoms with E-state index in [0.717, 1.165) is 16.7 Å². The van der Waals surface area contributed by atoms with Crippen LogP contribution in [0, 0.1) is 6.92 Å². The van der Waals surface area contributed by atoms with Crippen molar-refractivity contribution in [1.82, 2.24) is 14.8 Å². The molecule has 0 fully saturated rings. The molecule has 0 spiro atoms. The zero-order valence-corrected chi connectivity index (χ0v) is 20.6. The quantitative estimate of drug-likeness (QED) is 0.394. The van der Waals surface area contributed by atoms with Crippen molar-refractivity contribution in [1.29, 1.82) is 0 Å². The Labute approximate surface area is 209 Å². The van der Waals surface area contributed by atoms with Crippen LogP contribution >= 0.6 is 0 Å². The van der Waals surface area contributed by atoms with Crippen LogP contribution in [0.5, 0.6) is 11.5 Å². The van der Waals surface area contributed by atoms with E-state index in [1.807, 2.05) is 74.5 Å². The Morgan fingerprint density at radius 3 is 2.56 bits per heavy atom. The summed E-state index contributed by atoms with van der Waals surface area (Å²) in [6, 6.07) is 22.5. The number of nitrogens with one attached hydrogen (secondary N) is 2. The van der Waals surface area contributed by atoms with Crippen LogP contribution in [0.4, 0.5) is 11.6 Å². The number of hydrogen-bond donors (Lipinski definition) is 2. The highest BCUT2D eigenvalue weighted by Crippen LogP contribution is 2.38. The van der Waals surface area contributed by atoms with Crippen LogP contribution in [-0.4, -0.2) is 34.9 Å². The lowest BCUT2D eigenvalue weighted by Gasteiger charge is -2.29. The second-order valence-corrected chi connectivity index (χ2v) is 8.57. The summed E-state index contributed by atoms with van der Waals surface area (Å²) in [4.78, 5) is 18.5. The highest BCUT2D eigenvalue weighted by molar-refractivity contribution is 6.06. The van der Waals surface area contributed by atoms with Gasteiger partial charge in [0, 0.05) is 11.3 Å². The molecule has 1 atom stereocenters. The Kier molecular flexibility index (Phi) is 6.16. The van der Waals surface area contributed by atoms with Gasteiger partial charge in [-0.2, -0.15) is 4.98 Å². The number of nitrogens with zero attached hydrogens (tertiary/aromatic N) is 3. The van der Waals surface area contributed by atoms with Crippen molar-refractivity contribution in [2.75, 3.05) is 24.9 Å². The summed E-state index contributed by atoms with van der Waals surface area (Å²) in [5.74, 6) is 2.14. The van der Waals surface area contributed by atoms with Gasteiger partial charge in [-0.25, -0.2) is 4.68 Å². The standard InChI is InChI=1S/C28H27N5O3/c1-17-9-7-11-20(15-17)26-31-28-29-18(2)24(27(34)30-22-13-5-6-14-23(22)36-4)25(33(28)32-26)19-10-8-12-21(16-19)35-3/h5-16,25H,1-4H3,(H,30,34)(H,29,31,32). The van der Waals surface area contributed by atoms with E-state index in [9.17, 15) is 4.79 Å². The highest BCUT2D eigenvalue weighted by Gasteiger charge is 2.35. The number of carbonyl (C=O) groups excluding carboxylic acids is 1. The van der Waals surface area contributed by atoms with Gasteiger partial charge in [-0.15, -0.1) is 5.10 Å². The number of aryl methyl sites for hydroxylation is 1. The molecule has 3 aromatic carbocycles. The van der Waals surface area contributed by atoms with Gasteiger partial charge in [-0.1, -0.05) is 48.0 Å². The monoisotopic (exact) mass is 481 g/mol. The number of aromatic nitrogens is 3. The van der Waals surface area contributed by atoms with Gasteiger partial charge in [0.05, 0.1) is 25.5 Å². The largest absolute Gasteiger partial charge is 0.497 e. The number of benzene rings is 3. The average molecular weight is 482 g/mol. The number of carbonyl (C=O) groups is 1. The van der Waals surface area contributed by atoms with Crippen LogP contribution in [0.15, 0.2) is 84.1 Å². The topological polar surface area (TPSA) is 90.3 Å².